The third-order valence-electron chi connectivity index (χ3n) is 3.07. The van der Waals surface area contributed by atoms with Gasteiger partial charge >= 0.3 is 0 Å². The zero-order chi connectivity index (χ0) is 10.5. The van der Waals surface area contributed by atoms with Crippen LogP contribution in [-0.4, -0.2) is 10.9 Å². The van der Waals surface area contributed by atoms with Gasteiger partial charge in [0.25, 0.3) is 0 Å². The van der Waals surface area contributed by atoms with Gasteiger partial charge in [-0.1, -0.05) is 24.8 Å². The van der Waals surface area contributed by atoms with Crippen molar-refractivity contribution in [3.05, 3.63) is 22.2 Å². The fraction of sp³-hybridized carbons (Fsp3) is 0.583. The number of rotatable bonds is 3. The Labute approximate surface area is 100 Å². The van der Waals surface area contributed by atoms with E-state index in [2.05, 4.69) is 16.4 Å². The van der Waals surface area contributed by atoms with Crippen molar-refractivity contribution >= 4 is 29.0 Å². The SMILES string of the molecule is ClC/C(=C/c1cscn1)C1CCCCC1. The molecule has 1 aromatic heterocycles. The number of aromatic nitrogens is 1. The Hall–Kier alpha value is -0.340. The summed E-state index contributed by atoms with van der Waals surface area (Å²) < 4.78 is 0. The number of allylic oxidation sites excluding steroid dienone is 1. The van der Waals surface area contributed by atoms with E-state index in [-0.39, 0.29) is 0 Å². The van der Waals surface area contributed by atoms with Gasteiger partial charge in [-0.05, 0) is 24.8 Å². The smallest absolute Gasteiger partial charge is 0.0798 e. The third kappa shape index (κ3) is 3.05. The predicted octanol–water partition coefficient (Wildman–Crippen LogP) is 4.35. The zero-order valence-corrected chi connectivity index (χ0v) is 10.4. The summed E-state index contributed by atoms with van der Waals surface area (Å²) in [6, 6.07) is 0. The molecule has 3 heteroatoms. The molecule has 1 aliphatic rings. The number of thiazole rings is 1. The molecular weight excluding hydrogens is 226 g/mol. The molecule has 1 aliphatic carbocycles. The van der Waals surface area contributed by atoms with Gasteiger partial charge in [-0.3, -0.25) is 0 Å². The standard InChI is InChI=1S/C12H16ClNS/c13-7-11(6-12-8-15-9-14-12)10-4-2-1-3-5-10/h6,8-10H,1-5,7H2/b11-6-. The summed E-state index contributed by atoms with van der Waals surface area (Å²) in [5.74, 6) is 1.36. The van der Waals surface area contributed by atoms with Crippen LogP contribution in [0.1, 0.15) is 37.8 Å². The Morgan fingerprint density at radius 3 is 2.87 bits per heavy atom. The summed E-state index contributed by atoms with van der Waals surface area (Å²) in [6.45, 7) is 0. The van der Waals surface area contributed by atoms with Crippen LogP contribution in [-0.2, 0) is 0 Å². The monoisotopic (exact) mass is 241 g/mol. The van der Waals surface area contributed by atoms with E-state index >= 15 is 0 Å². The van der Waals surface area contributed by atoms with Crippen LogP contribution >= 0.6 is 22.9 Å². The Balaban J connectivity index is 2.08. The summed E-state index contributed by atoms with van der Waals surface area (Å²) in [5, 5.41) is 2.08. The van der Waals surface area contributed by atoms with Crippen molar-refractivity contribution in [1.82, 2.24) is 4.98 Å². The molecule has 0 amide bonds. The topological polar surface area (TPSA) is 12.9 Å². The van der Waals surface area contributed by atoms with Gasteiger partial charge in [0.2, 0.25) is 0 Å². The van der Waals surface area contributed by atoms with Gasteiger partial charge < -0.3 is 0 Å². The van der Waals surface area contributed by atoms with E-state index in [1.165, 1.54) is 37.7 Å². The van der Waals surface area contributed by atoms with Crippen LogP contribution in [0.2, 0.25) is 0 Å². The average Bonchev–Trinajstić information content (AvgIpc) is 2.80. The van der Waals surface area contributed by atoms with Crippen molar-refractivity contribution in [2.24, 2.45) is 5.92 Å². The molecule has 82 valence electrons. The van der Waals surface area contributed by atoms with Gasteiger partial charge in [-0.2, -0.15) is 0 Å². The first kappa shape index (κ1) is 11.2. The molecule has 0 aromatic carbocycles. The van der Waals surface area contributed by atoms with Crippen LogP contribution in [0, 0.1) is 5.92 Å². The highest BCUT2D eigenvalue weighted by Gasteiger charge is 2.17. The van der Waals surface area contributed by atoms with E-state index in [0.29, 0.717) is 11.8 Å². The largest absolute Gasteiger partial charge is 0.245 e. The number of halogens is 1. The minimum Gasteiger partial charge on any atom is -0.245 e. The highest BCUT2D eigenvalue weighted by atomic mass is 35.5. The first-order valence-corrected chi connectivity index (χ1v) is 7.02. The predicted molar refractivity (Wildman–Crippen MR) is 67.4 cm³/mol. The molecule has 1 heterocycles. The number of hydrogen-bond donors (Lipinski definition) is 0. The van der Waals surface area contributed by atoms with Crippen molar-refractivity contribution < 1.29 is 0 Å². The van der Waals surface area contributed by atoms with Gasteiger partial charge in [0, 0.05) is 11.3 Å². The van der Waals surface area contributed by atoms with Crippen molar-refractivity contribution in [2.45, 2.75) is 32.1 Å². The quantitative estimate of drug-likeness (QED) is 0.718. The fourth-order valence-corrected chi connectivity index (χ4v) is 3.03. The maximum absolute atomic E-state index is 6.03. The lowest BCUT2D eigenvalue weighted by Gasteiger charge is -2.23. The van der Waals surface area contributed by atoms with Gasteiger partial charge in [-0.25, -0.2) is 4.98 Å². The van der Waals surface area contributed by atoms with Crippen LogP contribution in [0.3, 0.4) is 0 Å². The van der Waals surface area contributed by atoms with Crippen LogP contribution in [0.15, 0.2) is 16.5 Å². The average molecular weight is 242 g/mol. The van der Waals surface area contributed by atoms with Crippen LogP contribution in [0.5, 0.6) is 0 Å². The first-order chi connectivity index (χ1) is 7.40. The van der Waals surface area contributed by atoms with Crippen molar-refractivity contribution in [3.63, 3.8) is 0 Å². The molecule has 0 unspecified atom stereocenters. The number of alkyl halides is 1. The molecule has 0 spiro atoms. The molecule has 1 fully saturated rings. The second kappa shape index (κ2) is 5.66. The normalized spacial score (nSPS) is 19.4. The molecule has 1 nitrogen and oxygen atoms in total. The maximum atomic E-state index is 6.03. The van der Waals surface area contributed by atoms with E-state index < -0.39 is 0 Å². The van der Waals surface area contributed by atoms with E-state index in [1.807, 2.05) is 5.51 Å². The van der Waals surface area contributed by atoms with Crippen LogP contribution in [0.25, 0.3) is 6.08 Å². The molecule has 1 aromatic rings. The molecule has 2 rings (SSSR count). The Bertz CT molecular complexity index is 312. The summed E-state index contributed by atoms with van der Waals surface area (Å²) in [5.41, 5.74) is 4.32. The van der Waals surface area contributed by atoms with Gasteiger partial charge in [0.05, 0.1) is 11.2 Å². The van der Waals surface area contributed by atoms with Crippen molar-refractivity contribution in [1.29, 1.82) is 0 Å². The molecular formula is C12H16ClNS. The molecule has 0 radical (unpaired) electrons. The molecule has 0 N–H and O–H groups in total. The van der Waals surface area contributed by atoms with E-state index in [9.17, 15) is 0 Å². The summed E-state index contributed by atoms with van der Waals surface area (Å²) in [7, 11) is 0. The minimum absolute atomic E-state index is 0.655. The Morgan fingerprint density at radius 2 is 2.27 bits per heavy atom. The summed E-state index contributed by atoms with van der Waals surface area (Å²) in [6.07, 6.45) is 8.90. The number of hydrogen-bond acceptors (Lipinski definition) is 2. The van der Waals surface area contributed by atoms with Crippen molar-refractivity contribution in [2.75, 3.05) is 5.88 Å². The second-order valence-electron chi connectivity index (χ2n) is 4.10. The van der Waals surface area contributed by atoms with E-state index in [1.54, 1.807) is 11.3 Å². The lowest BCUT2D eigenvalue weighted by Crippen LogP contribution is -2.10. The number of nitrogens with zero attached hydrogens (tertiary/aromatic N) is 1. The summed E-state index contributed by atoms with van der Waals surface area (Å²) >= 11 is 7.67. The van der Waals surface area contributed by atoms with E-state index in [4.69, 9.17) is 11.6 Å². The van der Waals surface area contributed by atoms with Crippen LogP contribution in [0.4, 0.5) is 0 Å². The first-order valence-electron chi connectivity index (χ1n) is 5.55. The second-order valence-corrected chi connectivity index (χ2v) is 5.09. The van der Waals surface area contributed by atoms with Gasteiger partial charge in [0.15, 0.2) is 0 Å². The molecule has 0 atom stereocenters. The van der Waals surface area contributed by atoms with Crippen LogP contribution < -0.4 is 0 Å². The maximum Gasteiger partial charge on any atom is 0.0798 e. The molecule has 0 aliphatic heterocycles. The molecule has 1 saturated carbocycles. The highest BCUT2D eigenvalue weighted by molar-refractivity contribution is 7.07. The van der Waals surface area contributed by atoms with Crippen molar-refractivity contribution in [3.8, 4) is 0 Å². The highest BCUT2D eigenvalue weighted by Crippen LogP contribution is 2.31. The third-order valence-corrected chi connectivity index (χ3v) is 3.98. The van der Waals surface area contributed by atoms with Gasteiger partial charge in [-0.15, -0.1) is 22.9 Å². The lowest BCUT2D eigenvalue weighted by atomic mass is 9.84. The molecule has 0 saturated heterocycles. The fourth-order valence-electron chi connectivity index (χ4n) is 2.22. The Morgan fingerprint density at radius 1 is 1.47 bits per heavy atom. The zero-order valence-electron chi connectivity index (χ0n) is 8.79. The molecule has 0 bridgehead atoms. The minimum atomic E-state index is 0.655. The molecule has 15 heavy (non-hydrogen) atoms. The lowest BCUT2D eigenvalue weighted by molar-refractivity contribution is 0.405. The van der Waals surface area contributed by atoms with Gasteiger partial charge in [0.1, 0.15) is 0 Å². The van der Waals surface area contributed by atoms with E-state index in [0.717, 1.165) is 5.69 Å². The Kier molecular flexibility index (Phi) is 4.21. The summed E-state index contributed by atoms with van der Waals surface area (Å²) in [4.78, 5) is 4.28.